The number of rotatable bonds is 5. The van der Waals surface area contributed by atoms with E-state index in [-0.39, 0.29) is 5.91 Å². The second-order valence-electron chi connectivity index (χ2n) is 5.79. The third-order valence-electron chi connectivity index (χ3n) is 3.95. The zero-order valence-corrected chi connectivity index (χ0v) is 15.6. The van der Waals surface area contributed by atoms with E-state index in [1.807, 2.05) is 12.1 Å². The number of carbonyl (C=O) groups is 1. The molecule has 2 aromatic carbocycles. The van der Waals surface area contributed by atoms with E-state index in [1.165, 1.54) is 17.3 Å². The van der Waals surface area contributed by atoms with E-state index in [2.05, 4.69) is 34.7 Å². The van der Waals surface area contributed by atoms with Crippen LogP contribution in [-0.2, 0) is 6.54 Å². The Hall–Kier alpha value is -2.56. The number of aromatic nitrogens is 1. The molecule has 0 radical (unpaired) electrons. The molecule has 26 heavy (non-hydrogen) atoms. The van der Waals surface area contributed by atoms with Gasteiger partial charge in [0, 0.05) is 18.9 Å². The summed E-state index contributed by atoms with van der Waals surface area (Å²) >= 11 is 12.2. The molecule has 0 fully saturated rings. The second-order valence-corrected chi connectivity index (χ2v) is 6.61. The number of carbonyl (C=O) groups excluding carboxylic acids is 1. The van der Waals surface area contributed by atoms with E-state index >= 15 is 0 Å². The average molecular weight is 386 g/mol. The van der Waals surface area contributed by atoms with Crippen LogP contribution in [-0.4, -0.2) is 10.9 Å². The minimum absolute atomic E-state index is 0.327. The topological polar surface area (TPSA) is 54.0 Å². The Morgan fingerprint density at radius 2 is 1.77 bits per heavy atom. The van der Waals surface area contributed by atoms with Crippen LogP contribution in [0.2, 0.25) is 10.0 Å². The summed E-state index contributed by atoms with van der Waals surface area (Å²) in [4.78, 5) is 16.6. The van der Waals surface area contributed by atoms with Crippen molar-refractivity contribution in [1.82, 2.24) is 4.98 Å². The van der Waals surface area contributed by atoms with Crippen molar-refractivity contribution < 1.29 is 4.79 Å². The van der Waals surface area contributed by atoms with Crippen LogP contribution in [0, 0.1) is 6.92 Å². The molecule has 0 aliphatic heterocycles. The van der Waals surface area contributed by atoms with Crippen molar-refractivity contribution >= 4 is 40.5 Å². The van der Waals surface area contributed by atoms with Gasteiger partial charge in [0.25, 0.3) is 5.91 Å². The first kappa shape index (κ1) is 18.2. The number of para-hydroxylation sites is 1. The van der Waals surface area contributed by atoms with Gasteiger partial charge in [0.05, 0.1) is 27.0 Å². The van der Waals surface area contributed by atoms with Crippen molar-refractivity contribution in [3.8, 4) is 0 Å². The van der Waals surface area contributed by atoms with E-state index in [0.29, 0.717) is 27.8 Å². The number of anilines is 2. The molecule has 0 aliphatic rings. The highest BCUT2D eigenvalue weighted by atomic mass is 35.5. The summed E-state index contributed by atoms with van der Waals surface area (Å²) in [6, 6.07) is 14.9. The molecule has 0 atom stereocenters. The minimum Gasteiger partial charge on any atom is -0.380 e. The molecule has 0 spiro atoms. The van der Waals surface area contributed by atoms with Crippen LogP contribution in [0.4, 0.5) is 11.4 Å². The summed E-state index contributed by atoms with van der Waals surface area (Å²) in [6.07, 6.45) is 3.18. The number of amides is 1. The molecule has 1 aromatic heterocycles. The number of nitrogens with one attached hydrogen (secondary N) is 2. The summed E-state index contributed by atoms with van der Waals surface area (Å²) in [6.45, 7) is 2.71. The molecule has 3 aromatic rings. The first-order valence-corrected chi connectivity index (χ1v) is 8.79. The summed E-state index contributed by atoms with van der Waals surface area (Å²) in [5, 5.41) is 6.79. The number of aryl methyl sites for hydroxylation is 1. The van der Waals surface area contributed by atoms with E-state index in [0.717, 1.165) is 5.69 Å². The summed E-state index contributed by atoms with van der Waals surface area (Å²) in [7, 11) is 0. The molecule has 4 nitrogen and oxygen atoms in total. The Bertz CT molecular complexity index is 924. The van der Waals surface area contributed by atoms with Crippen LogP contribution in [0.25, 0.3) is 0 Å². The van der Waals surface area contributed by atoms with Gasteiger partial charge in [-0.3, -0.25) is 9.78 Å². The Labute approximate surface area is 162 Å². The molecule has 0 saturated carbocycles. The van der Waals surface area contributed by atoms with Crippen molar-refractivity contribution in [2.24, 2.45) is 0 Å². The maximum Gasteiger partial charge on any atom is 0.257 e. The molecular formula is C20H17Cl2N3O. The lowest BCUT2D eigenvalue weighted by atomic mass is 10.1. The monoisotopic (exact) mass is 385 g/mol. The van der Waals surface area contributed by atoms with E-state index in [4.69, 9.17) is 23.2 Å². The lowest BCUT2D eigenvalue weighted by Crippen LogP contribution is -2.13. The smallest absolute Gasteiger partial charge is 0.257 e. The van der Waals surface area contributed by atoms with Crippen molar-refractivity contribution in [2.75, 3.05) is 10.6 Å². The molecule has 0 aliphatic carbocycles. The van der Waals surface area contributed by atoms with Gasteiger partial charge in [0.1, 0.15) is 0 Å². The van der Waals surface area contributed by atoms with Crippen molar-refractivity contribution in [3.05, 3.63) is 87.7 Å². The largest absolute Gasteiger partial charge is 0.380 e. The van der Waals surface area contributed by atoms with Gasteiger partial charge >= 0.3 is 0 Å². The standard InChI is InChI=1S/C20H17Cl2N3O/c1-13-5-2-3-6-14(13)11-24-16-9-15(10-23-12-16)20(26)25-19-17(21)7-4-8-18(19)22/h2-10,12,24H,11H2,1H3,(H,25,26). The normalized spacial score (nSPS) is 10.4. The van der Waals surface area contributed by atoms with Crippen LogP contribution in [0.15, 0.2) is 60.9 Å². The van der Waals surface area contributed by atoms with Crippen LogP contribution >= 0.6 is 23.2 Å². The predicted molar refractivity (Wildman–Crippen MR) is 107 cm³/mol. The molecule has 0 bridgehead atoms. The van der Waals surface area contributed by atoms with Crippen molar-refractivity contribution in [1.29, 1.82) is 0 Å². The molecule has 1 heterocycles. The average Bonchev–Trinajstić information content (AvgIpc) is 2.64. The zero-order valence-electron chi connectivity index (χ0n) is 14.1. The number of halogens is 2. The third kappa shape index (κ3) is 4.34. The Morgan fingerprint density at radius 1 is 1.04 bits per heavy atom. The van der Waals surface area contributed by atoms with Crippen LogP contribution < -0.4 is 10.6 Å². The first-order valence-electron chi connectivity index (χ1n) is 8.03. The summed E-state index contributed by atoms with van der Waals surface area (Å²) in [5.41, 5.74) is 3.95. The zero-order chi connectivity index (χ0) is 18.5. The Balaban J connectivity index is 1.72. The minimum atomic E-state index is -0.327. The first-order chi connectivity index (χ1) is 12.5. The highest BCUT2D eigenvalue weighted by Crippen LogP contribution is 2.30. The molecular weight excluding hydrogens is 369 g/mol. The van der Waals surface area contributed by atoms with Gasteiger partial charge in [0.2, 0.25) is 0 Å². The highest BCUT2D eigenvalue weighted by molar-refractivity contribution is 6.40. The third-order valence-corrected chi connectivity index (χ3v) is 4.58. The van der Waals surface area contributed by atoms with Gasteiger partial charge in [0.15, 0.2) is 0 Å². The van der Waals surface area contributed by atoms with E-state index in [1.54, 1.807) is 30.5 Å². The van der Waals surface area contributed by atoms with Crippen LogP contribution in [0.5, 0.6) is 0 Å². The Kier molecular flexibility index (Phi) is 5.76. The number of benzene rings is 2. The Morgan fingerprint density at radius 3 is 2.50 bits per heavy atom. The van der Waals surface area contributed by atoms with Gasteiger partial charge in [-0.1, -0.05) is 53.5 Å². The summed E-state index contributed by atoms with van der Waals surface area (Å²) in [5.74, 6) is -0.327. The van der Waals surface area contributed by atoms with E-state index < -0.39 is 0 Å². The van der Waals surface area contributed by atoms with E-state index in [9.17, 15) is 4.79 Å². The SMILES string of the molecule is Cc1ccccc1CNc1cncc(C(=O)Nc2c(Cl)cccc2Cl)c1. The lowest BCUT2D eigenvalue weighted by molar-refractivity contribution is 0.102. The quantitative estimate of drug-likeness (QED) is 0.604. The fourth-order valence-electron chi connectivity index (χ4n) is 2.47. The highest BCUT2D eigenvalue weighted by Gasteiger charge is 2.12. The molecule has 2 N–H and O–H groups in total. The maximum atomic E-state index is 12.5. The molecule has 132 valence electrons. The molecule has 1 amide bonds. The number of hydrogen-bond acceptors (Lipinski definition) is 3. The van der Waals surface area contributed by atoms with Gasteiger partial charge in [-0.2, -0.15) is 0 Å². The fourth-order valence-corrected chi connectivity index (χ4v) is 2.96. The van der Waals surface area contributed by atoms with Gasteiger partial charge in [-0.25, -0.2) is 0 Å². The van der Waals surface area contributed by atoms with Crippen molar-refractivity contribution in [2.45, 2.75) is 13.5 Å². The lowest BCUT2D eigenvalue weighted by Gasteiger charge is -2.11. The molecule has 3 rings (SSSR count). The maximum absolute atomic E-state index is 12.5. The van der Waals surface area contributed by atoms with Crippen molar-refractivity contribution in [3.63, 3.8) is 0 Å². The molecule has 0 unspecified atom stereocenters. The van der Waals surface area contributed by atoms with Crippen LogP contribution in [0.1, 0.15) is 21.5 Å². The number of nitrogens with zero attached hydrogens (tertiary/aromatic N) is 1. The fraction of sp³-hybridized carbons (Fsp3) is 0.100. The molecule has 6 heteroatoms. The van der Waals surface area contributed by atoms with Gasteiger partial charge in [-0.05, 0) is 36.2 Å². The number of hydrogen-bond donors (Lipinski definition) is 2. The second kappa shape index (κ2) is 8.21. The number of pyridine rings is 1. The van der Waals surface area contributed by atoms with Gasteiger partial charge < -0.3 is 10.6 Å². The molecule has 0 saturated heterocycles. The summed E-state index contributed by atoms with van der Waals surface area (Å²) < 4.78 is 0. The van der Waals surface area contributed by atoms with Crippen LogP contribution in [0.3, 0.4) is 0 Å². The van der Waals surface area contributed by atoms with Gasteiger partial charge in [-0.15, -0.1) is 0 Å². The predicted octanol–water partition coefficient (Wildman–Crippen LogP) is 5.56.